The number of rotatable bonds is 2. The lowest BCUT2D eigenvalue weighted by Crippen LogP contribution is -2.25. The Morgan fingerprint density at radius 1 is 1.50 bits per heavy atom. The average Bonchev–Trinajstić information content (AvgIpc) is 2.22. The summed E-state index contributed by atoms with van der Waals surface area (Å²) >= 11 is 0. The van der Waals surface area contributed by atoms with Gasteiger partial charge in [0, 0.05) is 0 Å². The summed E-state index contributed by atoms with van der Waals surface area (Å²) in [6, 6.07) is 5.58. The Labute approximate surface area is 93.2 Å². The second-order valence-corrected chi connectivity index (χ2v) is 4.07. The Kier molecular flexibility index (Phi) is 2.75. The van der Waals surface area contributed by atoms with Crippen molar-refractivity contribution in [3.8, 4) is 0 Å². The van der Waals surface area contributed by atoms with Crippen LogP contribution in [-0.2, 0) is 6.54 Å². The fraction of sp³-hybridized carbons (Fsp3) is 0.333. The van der Waals surface area contributed by atoms with Crippen molar-refractivity contribution in [1.82, 2.24) is 9.55 Å². The van der Waals surface area contributed by atoms with E-state index in [4.69, 9.17) is 0 Å². The summed E-state index contributed by atoms with van der Waals surface area (Å²) in [6.45, 7) is 3.85. The Morgan fingerprint density at radius 3 is 2.94 bits per heavy atom. The molecule has 2 rings (SSSR count). The molecule has 0 aliphatic rings. The van der Waals surface area contributed by atoms with Crippen molar-refractivity contribution < 1.29 is 5.11 Å². The van der Waals surface area contributed by atoms with Crippen LogP contribution in [0.5, 0.6) is 0 Å². The molecule has 0 saturated heterocycles. The van der Waals surface area contributed by atoms with Crippen LogP contribution in [0.2, 0.25) is 0 Å². The molecule has 1 N–H and O–H groups in total. The van der Waals surface area contributed by atoms with E-state index in [1.807, 2.05) is 25.1 Å². The molecule has 0 saturated carbocycles. The monoisotopic (exact) mass is 218 g/mol. The van der Waals surface area contributed by atoms with Gasteiger partial charge in [-0.3, -0.25) is 9.36 Å². The highest BCUT2D eigenvalue weighted by atomic mass is 16.3. The molecule has 4 heteroatoms. The van der Waals surface area contributed by atoms with E-state index >= 15 is 0 Å². The molecule has 1 atom stereocenters. The van der Waals surface area contributed by atoms with Crippen LogP contribution in [0, 0.1) is 6.92 Å². The molecule has 0 aliphatic heterocycles. The number of hydrogen-bond acceptors (Lipinski definition) is 3. The van der Waals surface area contributed by atoms with Gasteiger partial charge < -0.3 is 5.11 Å². The van der Waals surface area contributed by atoms with Crippen molar-refractivity contribution in [1.29, 1.82) is 0 Å². The van der Waals surface area contributed by atoms with Crippen LogP contribution in [-0.4, -0.2) is 20.8 Å². The summed E-state index contributed by atoms with van der Waals surface area (Å²) in [5.74, 6) is 0. The second kappa shape index (κ2) is 4.06. The van der Waals surface area contributed by atoms with E-state index in [0.717, 1.165) is 5.56 Å². The van der Waals surface area contributed by atoms with E-state index in [0.29, 0.717) is 10.9 Å². The third kappa shape index (κ3) is 1.97. The lowest BCUT2D eigenvalue weighted by Gasteiger charge is -2.08. The maximum Gasteiger partial charge on any atom is 0.261 e. The molecule has 0 radical (unpaired) electrons. The standard InChI is InChI=1S/C12H14N2O2/c1-8-3-4-11-10(5-8)12(16)14(7-13-11)6-9(2)15/h3-5,7,9,15H,6H2,1-2H3. The maximum atomic E-state index is 12.0. The number of hydrogen-bond donors (Lipinski definition) is 1. The van der Waals surface area contributed by atoms with Crippen molar-refractivity contribution in [2.75, 3.05) is 0 Å². The van der Waals surface area contributed by atoms with Crippen molar-refractivity contribution in [3.63, 3.8) is 0 Å². The second-order valence-electron chi connectivity index (χ2n) is 4.07. The summed E-state index contributed by atoms with van der Waals surface area (Å²) in [7, 11) is 0. The smallest absolute Gasteiger partial charge is 0.261 e. The summed E-state index contributed by atoms with van der Waals surface area (Å²) < 4.78 is 1.44. The topological polar surface area (TPSA) is 55.1 Å². The highest BCUT2D eigenvalue weighted by Crippen LogP contribution is 2.08. The van der Waals surface area contributed by atoms with Crippen LogP contribution in [0.4, 0.5) is 0 Å². The molecule has 1 unspecified atom stereocenters. The first kappa shape index (κ1) is 10.8. The van der Waals surface area contributed by atoms with Crippen LogP contribution >= 0.6 is 0 Å². The van der Waals surface area contributed by atoms with Crippen molar-refractivity contribution >= 4 is 10.9 Å². The molecule has 0 aliphatic carbocycles. The minimum atomic E-state index is -0.554. The van der Waals surface area contributed by atoms with Gasteiger partial charge in [-0.15, -0.1) is 0 Å². The number of aromatic nitrogens is 2. The number of nitrogens with zero attached hydrogens (tertiary/aromatic N) is 2. The van der Waals surface area contributed by atoms with Crippen molar-refractivity contribution in [2.24, 2.45) is 0 Å². The van der Waals surface area contributed by atoms with Crippen LogP contribution in [0.25, 0.3) is 10.9 Å². The van der Waals surface area contributed by atoms with Gasteiger partial charge in [-0.25, -0.2) is 4.98 Å². The number of aryl methyl sites for hydroxylation is 1. The van der Waals surface area contributed by atoms with Crippen molar-refractivity contribution in [2.45, 2.75) is 26.5 Å². The highest BCUT2D eigenvalue weighted by molar-refractivity contribution is 5.77. The van der Waals surface area contributed by atoms with Gasteiger partial charge in [0.1, 0.15) is 0 Å². The molecule has 0 amide bonds. The van der Waals surface area contributed by atoms with E-state index in [1.165, 1.54) is 10.9 Å². The van der Waals surface area contributed by atoms with Gasteiger partial charge in [-0.1, -0.05) is 11.6 Å². The molecule has 16 heavy (non-hydrogen) atoms. The summed E-state index contributed by atoms with van der Waals surface area (Å²) in [5.41, 5.74) is 1.62. The van der Waals surface area contributed by atoms with Crippen molar-refractivity contribution in [3.05, 3.63) is 40.4 Å². The van der Waals surface area contributed by atoms with Gasteiger partial charge in [0.25, 0.3) is 5.56 Å². The van der Waals surface area contributed by atoms with Crippen LogP contribution < -0.4 is 5.56 Å². The molecule has 0 bridgehead atoms. The fourth-order valence-electron chi connectivity index (χ4n) is 1.69. The SMILES string of the molecule is Cc1ccc2ncn(CC(C)O)c(=O)c2c1. The molecular weight excluding hydrogens is 204 g/mol. The highest BCUT2D eigenvalue weighted by Gasteiger charge is 2.05. The Bertz CT molecular complexity index is 573. The molecule has 0 fully saturated rings. The number of aliphatic hydroxyl groups excluding tert-OH is 1. The van der Waals surface area contributed by atoms with Crippen LogP contribution in [0.1, 0.15) is 12.5 Å². The zero-order valence-corrected chi connectivity index (χ0v) is 9.34. The lowest BCUT2D eigenvalue weighted by molar-refractivity contribution is 0.172. The molecule has 1 aromatic heterocycles. The minimum absolute atomic E-state index is 0.102. The van der Waals surface area contributed by atoms with Gasteiger partial charge >= 0.3 is 0 Å². The number of aliphatic hydroxyl groups is 1. The van der Waals surface area contributed by atoms with Gasteiger partial charge in [0.05, 0.1) is 29.9 Å². The van der Waals surface area contributed by atoms with Gasteiger partial charge in [0.2, 0.25) is 0 Å². The Balaban J connectivity index is 2.64. The maximum absolute atomic E-state index is 12.0. The molecular formula is C12H14N2O2. The molecule has 1 heterocycles. The quantitative estimate of drug-likeness (QED) is 0.820. The Hall–Kier alpha value is -1.68. The van der Waals surface area contributed by atoms with Gasteiger partial charge in [-0.05, 0) is 26.0 Å². The molecule has 1 aromatic carbocycles. The summed E-state index contributed by atoms with van der Waals surface area (Å²) in [4.78, 5) is 16.2. The van der Waals surface area contributed by atoms with Gasteiger partial charge in [0.15, 0.2) is 0 Å². The van der Waals surface area contributed by atoms with Crippen LogP contribution in [0.3, 0.4) is 0 Å². The van der Waals surface area contributed by atoms with E-state index < -0.39 is 6.10 Å². The predicted octanol–water partition coefficient (Wildman–Crippen LogP) is 1.09. The molecule has 2 aromatic rings. The summed E-state index contributed by atoms with van der Waals surface area (Å²) in [5, 5.41) is 9.87. The first-order valence-corrected chi connectivity index (χ1v) is 5.22. The van der Waals surface area contributed by atoms with E-state index in [2.05, 4.69) is 4.98 Å². The zero-order valence-electron chi connectivity index (χ0n) is 9.34. The van der Waals surface area contributed by atoms with Crippen LogP contribution in [0.15, 0.2) is 29.3 Å². The van der Waals surface area contributed by atoms with E-state index in [9.17, 15) is 9.90 Å². The minimum Gasteiger partial charge on any atom is -0.392 e. The third-order valence-corrected chi connectivity index (χ3v) is 2.44. The molecule has 0 spiro atoms. The van der Waals surface area contributed by atoms with E-state index in [1.54, 1.807) is 6.92 Å². The predicted molar refractivity (Wildman–Crippen MR) is 62.4 cm³/mol. The normalized spacial score (nSPS) is 12.9. The van der Waals surface area contributed by atoms with E-state index in [-0.39, 0.29) is 12.1 Å². The number of fused-ring (bicyclic) bond motifs is 1. The lowest BCUT2D eigenvalue weighted by atomic mass is 10.2. The number of benzene rings is 1. The third-order valence-electron chi connectivity index (χ3n) is 2.44. The first-order valence-electron chi connectivity index (χ1n) is 5.22. The fourth-order valence-corrected chi connectivity index (χ4v) is 1.69. The largest absolute Gasteiger partial charge is 0.392 e. The summed E-state index contributed by atoms with van der Waals surface area (Å²) in [6.07, 6.45) is 0.925. The molecule has 84 valence electrons. The Morgan fingerprint density at radius 2 is 2.25 bits per heavy atom. The zero-order chi connectivity index (χ0) is 11.7. The average molecular weight is 218 g/mol. The molecule has 4 nitrogen and oxygen atoms in total. The first-order chi connectivity index (χ1) is 7.58. The van der Waals surface area contributed by atoms with Gasteiger partial charge in [-0.2, -0.15) is 0 Å².